The van der Waals surface area contributed by atoms with E-state index in [2.05, 4.69) is 15.0 Å². The van der Waals surface area contributed by atoms with Gasteiger partial charge in [0.15, 0.2) is 0 Å². The smallest absolute Gasteiger partial charge is 0.220 e. The van der Waals surface area contributed by atoms with E-state index in [1.807, 2.05) is 0 Å². The summed E-state index contributed by atoms with van der Waals surface area (Å²) in [5, 5.41) is 0. The molecule has 6 heteroatoms. The highest BCUT2D eigenvalue weighted by Gasteiger charge is 2.07. The number of nitrogens with two attached hydrogens (primary N) is 1. The van der Waals surface area contributed by atoms with Crippen LogP contribution in [0.1, 0.15) is 0 Å². The average Bonchev–Trinajstić information content (AvgIpc) is 2.48. The van der Waals surface area contributed by atoms with Gasteiger partial charge in [-0.05, 0) is 30.3 Å². The Morgan fingerprint density at radius 2 is 1.95 bits per heavy atom. The largest absolute Gasteiger partial charge is 0.456 e. The molecular weight excluding hydrogens is 271 g/mol. The van der Waals surface area contributed by atoms with Gasteiger partial charge in [0.25, 0.3) is 0 Å². The Kier molecular flexibility index (Phi) is 3.42. The van der Waals surface area contributed by atoms with E-state index < -0.39 is 5.82 Å². The highest BCUT2D eigenvalue weighted by atomic mass is 19.1. The average molecular weight is 282 g/mol. The zero-order valence-electron chi connectivity index (χ0n) is 10.9. The van der Waals surface area contributed by atoms with Crippen LogP contribution in [0.15, 0.2) is 55.0 Å². The molecule has 0 unspecified atom stereocenters. The van der Waals surface area contributed by atoms with Crippen LogP contribution in [0.2, 0.25) is 0 Å². The van der Waals surface area contributed by atoms with Crippen LogP contribution >= 0.6 is 0 Å². The number of pyridine rings is 1. The molecule has 104 valence electrons. The Morgan fingerprint density at radius 1 is 1.05 bits per heavy atom. The molecule has 0 bridgehead atoms. The third-order valence-corrected chi connectivity index (χ3v) is 2.71. The van der Waals surface area contributed by atoms with Gasteiger partial charge in [0.05, 0.1) is 11.9 Å². The predicted octanol–water partition coefficient (Wildman–Crippen LogP) is 3.05. The van der Waals surface area contributed by atoms with Gasteiger partial charge in [0, 0.05) is 24.0 Å². The van der Waals surface area contributed by atoms with Crippen molar-refractivity contribution >= 4 is 5.95 Å². The quantitative estimate of drug-likeness (QED) is 0.799. The molecule has 2 heterocycles. The van der Waals surface area contributed by atoms with Gasteiger partial charge in [-0.3, -0.25) is 4.98 Å². The van der Waals surface area contributed by atoms with E-state index in [0.29, 0.717) is 22.8 Å². The summed E-state index contributed by atoms with van der Waals surface area (Å²) in [5.74, 6) is 0.585. The number of aromatic nitrogens is 3. The van der Waals surface area contributed by atoms with Crippen molar-refractivity contribution in [2.24, 2.45) is 0 Å². The van der Waals surface area contributed by atoms with E-state index in [9.17, 15) is 4.39 Å². The first-order valence-electron chi connectivity index (χ1n) is 6.18. The monoisotopic (exact) mass is 282 g/mol. The van der Waals surface area contributed by atoms with E-state index in [-0.39, 0.29) is 5.95 Å². The lowest BCUT2D eigenvalue weighted by atomic mass is 10.1. The molecule has 0 saturated heterocycles. The van der Waals surface area contributed by atoms with Crippen molar-refractivity contribution < 1.29 is 9.13 Å². The van der Waals surface area contributed by atoms with Crippen molar-refractivity contribution in [2.45, 2.75) is 0 Å². The van der Waals surface area contributed by atoms with Gasteiger partial charge in [0.2, 0.25) is 5.95 Å². The number of hydrogen-bond acceptors (Lipinski definition) is 5. The first kappa shape index (κ1) is 13.0. The molecule has 5 nitrogen and oxygen atoms in total. The fourth-order valence-electron chi connectivity index (χ4n) is 1.85. The first-order chi connectivity index (χ1) is 10.2. The Labute approximate surface area is 120 Å². The summed E-state index contributed by atoms with van der Waals surface area (Å²) in [4.78, 5) is 11.8. The van der Waals surface area contributed by atoms with Gasteiger partial charge in [-0.25, -0.2) is 14.4 Å². The summed E-state index contributed by atoms with van der Waals surface area (Å²) >= 11 is 0. The maximum absolute atomic E-state index is 13.7. The third-order valence-electron chi connectivity index (χ3n) is 2.71. The summed E-state index contributed by atoms with van der Waals surface area (Å²) in [5.41, 5.74) is 6.62. The molecule has 0 fully saturated rings. The van der Waals surface area contributed by atoms with Crippen molar-refractivity contribution in [3.8, 4) is 22.8 Å². The van der Waals surface area contributed by atoms with E-state index in [4.69, 9.17) is 10.5 Å². The van der Waals surface area contributed by atoms with Gasteiger partial charge in [-0.2, -0.15) is 0 Å². The number of benzene rings is 1. The number of ether oxygens (including phenoxy) is 1. The number of nitrogen functional groups attached to an aromatic ring is 1. The fourth-order valence-corrected chi connectivity index (χ4v) is 1.85. The number of anilines is 1. The number of rotatable bonds is 3. The van der Waals surface area contributed by atoms with E-state index in [1.165, 1.54) is 18.3 Å². The minimum absolute atomic E-state index is 0.131. The molecule has 0 spiro atoms. The fraction of sp³-hybridized carbons (Fsp3) is 0. The second-order valence-electron chi connectivity index (χ2n) is 4.27. The molecule has 3 aromatic rings. The lowest BCUT2D eigenvalue weighted by Gasteiger charge is -2.08. The second-order valence-corrected chi connectivity index (χ2v) is 4.27. The minimum atomic E-state index is -0.427. The highest BCUT2D eigenvalue weighted by molar-refractivity contribution is 5.62. The summed E-state index contributed by atoms with van der Waals surface area (Å²) in [6.45, 7) is 0. The van der Waals surface area contributed by atoms with Crippen LogP contribution in [-0.4, -0.2) is 15.0 Å². The molecule has 0 radical (unpaired) electrons. The Balaban J connectivity index is 1.97. The zero-order valence-corrected chi connectivity index (χ0v) is 10.9. The molecule has 1 aromatic carbocycles. The van der Waals surface area contributed by atoms with Crippen molar-refractivity contribution in [1.29, 1.82) is 0 Å². The molecule has 0 atom stereocenters. The maximum Gasteiger partial charge on any atom is 0.220 e. The summed E-state index contributed by atoms with van der Waals surface area (Å²) < 4.78 is 19.3. The van der Waals surface area contributed by atoms with Crippen molar-refractivity contribution in [3.05, 3.63) is 60.8 Å². The predicted molar refractivity (Wildman–Crippen MR) is 76.1 cm³/mol. The Morgan fingerprint density at radius 3 is 2.71 bits per heavy atom. The first-order valence-corrected chi connectivity index (χ1v) is 6.18. The van der Waals surface area contributed by atoms with E-state index in [1.54, 1.807) is 36.7 Å². The normalized spacial score (nSPS) is 10.3. The van der Waals surface area contributed by atoms with Crippen molar-refractivity contribution in [3.63, 3.8) is 0 Å². The number of nitrogens with zero attached hydrogens (tertiary/aromatic N) is 3. The minimum Gasteiger partial charge on any atom is -0.456 e. The van der Waals surface area contributed by atoms with Gasteiger partial charge in [-0.15, -0.1) is 0 Å². The van der Waals surface area contributed by atoms with Crippen LogP contribution in [0.4, 0.5) is 10.3 Å². The van der Waals surface area contributed by atoms with E-state index >= 15 is 0 Å². The van der Waals surface area contributed by atoms with Crippen LogP contribution in [-0.2, 0) is 0 Å². The van der Waals surface area contributed by atoms with Crippen molar-refractivity contribution in [1.82, 2.24) is 15.0 Å². The van der Waals surface area contributed by atoms with Crippen molar-refractivity contribution in [2.75, 3.05) is 5.73 Å². The maximum atomic E-state index is 13.7. The van der Waals surface area contributed by atoms with Gasteiger partial charge in [-0.1, -0.05) is 0 Å². The molecule has 0 saturated carbocycles. The third kappa shape index (κ3) is 3.11. The second kappa shape index (κ2) is 5.54. The lowest BCUT2D eigenvalue weighted by Crippen LogP contribution is -1.96. The Bertz CT molecular complexity index is 765. The molecule has 0 aliphatic carbocycles. The lowest BCUT2D eigenvalue weighted by molar-refractivity contribution is 0.475. The standard InChI is InChI=1S/C15H11FN4O/c16-11-6-10(14-3-5-19-15(17)20-14)7-13(8-11)21-12-2-1-4-18-9-12/h1-9H,(H2,17,19,20). The number of halogens is 1. The molecule has 0 aliphatic heterocycles. The summed E-state index contributed by atoms with van der Waals surface area (Å²) in [7, 11) is 0. The summed E-state index contributed by atoms with van der Waals surface area (Å²) in [6.07, 6.45) is 4.70. The van der Waals surface area contributed by atoms with Gasteiger partial charge >= 0.3 is 0 Å². The van der Waals surface area contributed by atoms with Crippen LogP contribution < -0.4 is 10.5 Å². The molecule has 21 heavy (non-hydrogen) atoms. The SMILES string of the molecule is Nc1nccc(-c2cc(F)cc(Oc3cccnc3)c2)n1. The van der Waals surface area contributed by atoms with Gasteiger partial charge < -0.3 is 10.5 Å². The molecule has 3 rings (SSSR count). The van der Waals surface area contributed by atoms with E-state index in [0.717, 1.165) is 0 Å². The van der Waals surface area contributed by atoms with Crippen LogP contribution in [0, 0.1) is 5.82 Å². The van der Waals surface area contributed by atoms with Crippen LogP contribution in [0.25, 0.3) is 11.3 Å². The topological polar surface area (TPSA) is 73.9 Å². The molecule has 0 aliphatic rings. The molecular formula is C15H11FN4O. The van der Waals surface area contributed by atoms with Gasteiger partial charge in [0.1, 0.15) is 17.3 Å². The Hall–Kier alpha value is -3.02. The summed E-state index contributed by atoms with van der Waals surface area (Å²) in [6, 6.07) is 9.46. The van der Waals surface area contributed by atoms with Crippen LogP contribution in [0.3, 0.4) is 0 Å². The van der Waals surface area contributed by atoms with Crippen LogP contribution in [0.5, 0.6) is 11.5 Å². The zero-order chi connectivity index (χ0) is 14.7. The number of hydrogen-bond donors (Lipinski definition) is 1. The molecule has 2 N–H and O–H groups in total. The highest BCUT2D eigenvalue weighted by Crippen LogP contribution is 2.27. The molecule has 2 aromatic heterocycles. The molecule has 0 amide bonds.